The number of hydrogen-bond donors (Lipinski definition) is 2. The van der Waals surface area contributed by atoms with Crippen LogP contribution >= 0.6 is 11.6 Å². The summed E-state index contributed by atoms with van der Waals surface area (Å²) in [7, 11) is 0. The number of hydrogen-bond acceptors (Lipinski definition) is 2. The van der Waals surface area contributed by atoms with Crippen LogP contribution < -0.4 is 5.32 Å². The SMILES string of the molecule is Cc1ccc(C(=O)NCCCCCO)c(Cl)c1. The van der Waals surface area contributed by atoms with Gasteiger partial charge in [-0.1, -0.05) is 17.7 Å². The van der Waals surface area contributed by atoms with Gasteiger partial charge in [0.2, 0.25) is 0 Å². The zero-order chi connectivity index (χ0) is 12.7. The molecular weight excluding hydrogens is 238 g/mol. The van der Waals surface area contributed by atoms with Crippen molar-refractivity contribution in [2.24, 2.45) is 0 Å². The van der Waals surface area contributed by atoms with Crippen molar-refractivity contribution in [1.82, 2.24) is 5.32 Å². The molecule has 0 heterocycles. The fourth-order valence-electron chi connectivity index (χ4n) is 1.52. The standard InChI is InChI=1S/C13H18ClNO2/c1-10-5-6-11(12(14)9-10)13(17)15-7-3-2-4-8-16/h5-6,9,16H,2-4,7-8H2,1H3,(H,15,17). The van der Waals surface area contributed by atoms with Crippen molar-refractivity contribution in [2.75, 3.05) is 13.2 Å². The zero-order valence-corrected chi connectivity index (χ0v) is 10.8. The third kappa shape index (κ3) is 4.75. The number of carbonyl (C=O) groups is 1. The second-order valence-electron chi connectivity index (χ2n) is 4.02. The lowest BCUT2D eigenvalue weighted by Crippen LogP contribution is -2.24. The van der Waals surface area contributed by atoms with Crippen LogP contribution in [0.4, 0.5) is 0 Å². The second-order valence-corrected chi connectivity index (χ2v) is 4.43. The topological polar surface area (TPSA) is 49.3 Å². The molecule has 0 saturated carbocycles. The Morgan fingerprint density at radius 2 is 2.12 bits per heavy atom. The maximum absolute atomic E-state index is 11.8. The summed E-state index contributed by atoms with van der Waals surface area (Å²) < 4.78 is 0. The van der Waals surface area contributed by atoms with Crippen LogP contribution in [-0.2, 0) is 0 Å². The summed E-state index contributed by atoms with van der Waals surface area (Å²) >= 11 is 5.99. The molecule has 1 rings (SSSR count). The van der Waals surface area contributed by atoms with Crippen molar-refractivity contribution >= 4 is 17.5 Å². The molecule has 0 unspecified atom stereocenters. The van der Waals surface area contributed by atoms with Gasteiger partial charge >= 0.3 is 0 Å². The Bertz CT molecular complexity index is 380. The van der Waals surface area contributed by atoms with Crippen LogP contribution in [0.3, 0.4) is 0 Å². The van der Waals surface area contributed by atoms with Crippen molar-refractivity contribution in [3.05, 3.63) is 34.3 Å². The molecule has 0 spiro atoms. The zero-order valence-electron chi connectivity index (χ0n) is 10.0. The molecular formula is C13H18ClNO2. The van der Waals surface area contributed by atoms with Gasteiger partial charge in [-0.25, -0.2) is 0 Å². The average molecular weight is 256 g/mol. The van der Waals surface area contributed by atoms with Gasteiger partial charge in [-0.15, -0.1) is 0 Å². The van der Waals surface area contributed by atoms with E-state index in [4.69, 9.17) is 16.7 Å². The smallest absolute Gasteiger partial charge is 0.252 e. The average Bonchev–Trinajstić information content (AvgIpc) is 2.28. The number of aliphatic hydroxyl groups is 1. The van der Waals surface area contributed by atoms with E-state index in [1.165, 1.54) is 0 Å². The number of aryl methyl sites for hydroxylation is 1. The van der Waals surface area contributed by atoms with Gasteiger partial charge in [-0.05, 0) is 43.9 Å². The third-order valence-corrected chi connectivity index (χ3v) is 2.80. The molecule has 1 aromatic rings. The summed E-state index contributed by atoms with van der Waals surface area (Å²) in [6.07, 6.45) is 2.56. The first-order valence-electron chi connectivity index (χ1n) is 5.80. The van der Waals surface area contributed by atoms with Crippen LogP contribution in [0.25, 0.3) is 0 Å². The molecule has 0 saturated heterocycles. The first-order valence-corrected chi connectivity index (χ1v) is 6.18. The number of carbonyl (C=O) groups excluding carboxylic acids is 1. The van der Waals surface area contributed by atoms with Gasteiger partial charge in [-0.2, -0.15) is 0 Å². The van der Waals surface area contributed by atoms with Crippen LogP contribution in [0.1, 0.15) is 35.2 Å². The van der Waals surface area contributed by atoms with Crippen LogP contribution in [0.2, 0.25) is 5.02 Å². The minimum absolute atomic E-state index is 0.140. The molecule has 0 aliphatic heterocycles. The number of unbranched alkanes of at least 4 members (excludes halogenated alkanes) is 2. The molecule has 17 heavy (non-hydrogen) atoms. The molecule has 3 nitrogen and oxygen atoms in total. The first kappa shape index (κ1) is 14.0. The van der Waals surface area contributed by atoms with Crippen molar-refractivity contribution in [3.8, 4) is 0 Å². The lowest BCUT2D eigenvalue weighted by molar-refractivity contribution is 0.0953. The number of nitrogens with one attached hydrogen (secondary N) is 1. The van der Waals surface area contributed by atoms with Crippen LogP contribution in [0.15, 0.2) is 18.2 Å². The quantitative estimate of drug-likeness (QED) is 0.768. The highest BCUT2D eigenvalue weighted by Crippen LogP contribution is 2.17. The largest absolute Gasteiger partial charge is 0.396 e. The molecule has 2 N–H and O–H groups in total. The molecule has 4 heteroatoms. The Labute approximate surface area is 107 Å². The highest BCUT2D eigenvalue weighted by molar-refractivity contribution is 6.33. The summed E-state index contributed by atoms with van der Waals surface area (Å²) in [4.78, 5) is 11.8. The van der Waals surface area contributed by atoms with Crippen molar-refractivity contribution < 1.29 is 9.90 Å². The Morgan fingerprint density at radius 1 is 1.35 bits per heavy atom. The maximum atomic E-state index is 11.8. The molecule has 0 aliphatic carbocycles. The van der Waals surface area contributed by atoms with Crippen molar-refractivity contribution in [1.29, 1.82) is 0 Å². The molecule has 0 aromatic heterocycles. The van der Waals surface area contributed by atoms with Crippen molar-refractivity contribution in [2.45, 2.75) is 26.2 Å². The second kappa shape index (κ2) is 7.30. The summed E-state index contributed by atoms with van der Waals surface area (Å²) in [6.45, 7) is 2.75. The molecule has 0 aliphatic rings. The molecule has 1 aromatic carbocycles. The van der Waals surface area contributed by atoms with Gasteiger partial charge in [0.15, 0.2) is 0 Å². The van der Waals surface area contributed by atoms with E-state index in [9.17, 15) is 4.79 Å². The van der Waals surface area contributed by atoms with Gasteiger partial charge in [-0.3, -0.25) is 4.79 Å². The maximum Gasteiger partial charge on any atom is 0.252 e. The molecule has 0 radical (unpaired) electrons. The number of amides is 1. The summed E-state index contributed by atoms with van der Waals surface area (Å²) in [5.74, 6) is -0.140. The van der Waals surface area contributed by atoms with E-state index in [-0.39, 0.29) is 12.5 Å². The molecule has 1 amide bonds. The monoisotopic (exact) mass is 255 g/mol. The normalized spacial score (nSPS) is 10.3. The first-order chi connectivity index (χ1) is 8.15. The van der Waals surface area contributed by atoms with Crippen LogP contribution in [-0.4, -0.2) is 24.2 Å². The molecule has 0 fully saturated rings. The van der Waals surface area contributed by atoms with Crippen molar-refractivity contribution in [3.63, 3.8) is 0 Å². The summed E-state index contributed by atoms with van der Waals surface area (Å²) in [5, 5.41) is 11.9. The van der Waals surface area contributed by atoms with Gasteiger partial charge in [0.1, 0.15) is 0 Å². The molecule has 94 valence electrons. The Hall–Kier alpha value is -1.06. The van der Waals surface area contributed by atoms with Gasteiger partial charge in [0.05, 0.1) is 10.6 Å². The van der Waals surface area contributed by atoms with E-state index in [2.05, 4.69) is 5.32 Å². The summed E-state index contributed by atoms with van der Waals surface area (Å²) in [6, 6.07) is 5.38. The fraction of sp³-hybridized carbons (Fsp3) is 0.462. The Balaban J connectivity index is 2.42. The van der Waals surface area contributed by atoms with E-state index < -0.39 is 0 Å². The highest BCUT2D eigenvalue weighted by Gasteiger charge is 2.09. The summed E-state index contributed by atoms with van der Waals surface area (Å²) in [5.41, 5.74) is 1.55. The minimum atomic E-state index is -0.140. The van der Waals surface area contributed by atoms with Crippen LogP contribution in [0.5, 0.6) is 0 Å². The predicted molar refractivity (Wildman–Crippen MR) is 69.5 cm³/mol. The Morgan fingerprint density at radius 3 is 2.76 bits per heavy atom. The number of aliphatic hydroxyl groups excluding tert-OH is 1. The minimum Gasteiger partial charge on any atom is -0.396 e. The molecule has 0 bridgehead atoms. The van der Waals surface area contributed by atoms with Gasteiger partial charge in [0.25, 0.3) is 5.91 Å². The number of rotatable bonds is 6. The third-order valence-electron chi connectivity index (χ3n) is 2.49. The van der Waals surface area contributed by atoms with Gasteiger partial charge in [0, 0.05) is 13.2 Å². The van der Waals surface area contributed by atoms with E-state index >= 15 is 0 Å². The van der Waals surface area contributed by atoms with Crippen LogP contribution in [0, 0.1) is 6.92 Å². The van der Waals surface area contributed by atoms with E-state index in [0.29, 0.717) is 17.1 Å². The van der Waals surface area contributed by atoms with Gasteiger partial charge < -0.3 is 10.4 Å². The highest BCUT2D eigenvalue weighted by atomic mass is 35.5. The number of halogens is 1. The fourth-order valence-corrected chi connectivity index (χ4v) is 1.84. The number of benzene rings is 1. The van der Waals surface area contributed by atoms with E-state index in [0.717, 1.165) is 24.8 Å². The lowest BCUT2D eigenvalue weighted by atomic mass is 10.1. The predicted octanol–water partition coefficient (Wildman–Crippen LogP) is 2.54. The Kier molecular flexibility index (Phi) is 6.01. The van der Waals surface area contributed by atoms with E-state index in [1.54, 1.807) is 12.1 Å². The lowest BCUT2D eigenvalue weighted by Gasteiger charge is -2.07. The molecule has 0 atom stereocenters. The van der Waals surface area contributed by atoms with E-state index in [1.807, 2.05) is 13.0 Å².